The van der Waals surface area contributed by atoms with Crippen molar-refractivity contribution < 1.29 is 14.3 Å². The number of carbonyl (C=O) groups excluding carboxylic acids is 1. The summed E-state index contributed by atoms with van der Waals surface area (Å²) in [6.45, 7) is 9.69. The lowest BCUT2D eigenvalue weighted by molar-refractivity contribution is -0.0109. The van der Waals surface area contributed by atoms with Crippen LogP contribution in [0.1, 0.15) is 39.9 Å². The lowest BCUT2D eigenvalue weighted by atomic mass is 10.1. The quantitative estimate of drug-likeness (QED) is 0.243. The molecule has 0 bridgehead atoms. The van der Waals surface area contributed by atoms with Crippen LogP contribution >= 0.6 is 0 Å². The molecule has 2 N–H and O–H groups in total. The van der Waals surface area contributed by atoms with Crippen molar-refractivity contribution in [3.05, 3.63) is 64.7 Å². The van der Waals surface area contributed by atoms with Gasteiger partial charge in [0.2, 0.25) is 0 Å². The van der Waals surface area contributed by atoms with E-state index < -0.39 is 0 Å². The van der Waals surface area contributed by atoms with Gasteiger partial charge in [0, 0.05) is 57.6 Å². The zero-order valence-electron chi connectivity index (χ0n) is 22.5. The van der Waals surface area contributed by atoms with Crippen molar-refractivity contribution in [2.75, 3.05) is 71.5 Å². The number of hydrogen-bond donors (Lipinski definition) is 2. The van der Waals surface area contributed by atoms with E-state index in [2.05, 4.69) is 56.9 Å². The first-order valence-electron chi connectivity index (χ1n) is 13.6. The number of nitrogens with zero attached hydrogens (tertiary/aromatic N) is 3. The Balaban J connectivity index is 1.18. The third-order valence-corrected chi connectivity index (χ3v) is 7.35. The first-order valence-corrected chi connectivity index (χ1v) is 13.6. The van der Waals surface area contributed by atoms with Crippen LogP contribution in [-0.2, 0) is 29.2 Å². The van der Waals surface area contributed by atoms with Gasteiger partial charge < -0.3 is 19.7 Å². The zero-order valence-corrected chi connectivity index (χ0v) is 22.5. The lowest BCUT2D eigenvalue weighted by Gasteiger charge is -2.36. The number of hydrogen-bond acceptors (Lipinski definition) is 8. The monoisotopic (exact) mass is 509 g/mol. The highest BCUT2D eigenvalue weighted by molar-refractivity contribution is 5.78. The number of aldehydes is 1. The van der Waals surface area contributed by atoms with Crippen molar-refractivity contribution in [3.63, 3.8) is 0 Å². The second kappa shape index (κ2) is 14.6. The summed E-state index contributed by atoms with van der Waals surface area (Å²) in [5.74, 6) is 0. The molecular weight excluding hydrogens is 466 g/mol. The number of ether oxygens (including phenoxy) is 2. The minimum absolute atomic E-state index is 0.386. The Labute approximate surface area is 221 Å². The van der Waals surface area contributed by atoms with Gasteiger partial charge in [0.1, 0.15) is 6.29 Å². The Bertz CT molecular complexity index is 957. The number of rotatable bonds is 13. The van der Waals surface area contributed by atoms with Gasteiger partial charge in [0.25, 0.3) is 0 Å². The zero-order chi connectivity index (χ0) is 25.9. The molecule has 2 heterocycles. The van der Waals surface area contributed by atoms with Gasteiger partial charge in [-0.2, -0.15) is 0 Å². The fraction of sp³-hybridized carbons (Fsp3) is 0.552. The number of nitrogens with one attached hydrogen (secondary N) is 2. The lowest BCUT2D eigenvalue weighted by Crippen LogP contribution is -2.46. The van der Waals surface area contributed by atoms with E-state index >= 15 is 0 Å². The van der Waals surface area contributed by atoms with Crippen LogP contribution in [0.2, 0.25) is 0 Å². The topological polar surface area (TPSA) is 69.3 Å². The summed E-state index contributed by atoms with van der Waals surface area (Å²) >= 11 is 0. The molecule has 37 heavy (non-hydrogen) atoms. The number of benzene rings is 2. The third-order valence-electron chi connectivity index (χ3n) is 7.35. The van der Waals surface area contributed by atoms with E-state index in [9.17, 15) is 4.79 Å². The molecule has 0 saturated carbocycles. The van der Waals surface area contributed by atoms with Gasteiger partial charge in [-0.3, -0.25) is 15.1 Å². The van der Waals surface area contributed by atoms with Gasteiger partial charge >= 0.3 is 0 Å². The summed E-state index contributed by atoms with van der Waals surface area (Å²) in [7, 11) is 3.86. The molecule has 0 atom stereocenters. The number of hydrazine groups is 1. The molecule has 4 rings (SSSR count). The molecule has 0 spiro atoms. The average molecular weight is 510 g/mol. The summed E-state index contributed by atoms with van der Waals surface area (Å²) in [4.78, 5) is 16.4. The minimum Gasteiger partial charge on any atom is -0.376 e. The molecule has 2 fully saturated rings. The van der Waals surface area contributed by atoms with Gasteiger partial charge in [-0.05, 0) is 67.9 Å². The predicted molar refractivity (Wildman–Crippen MR) is 148 cm³/mol. The van der Waals surface area contributed by atoms with Crippen LogP contribution in [0.5, 0.6) is 0 Å². The van der Waals surface area contributed by atoms with Gasteiger partial charge in [0.15, 0.2) is 0 Å². The van der Waals surface area contributed by atoms with Crippen LogP contribution in [-0.4, -0.2) is 88.9 Å². The highest BCUT2D eigenvalue weighted by Gasteiger charge is 2.19. The SMILES string of the molecule is CNN(C)Cc1cc(N2CCN(Cc3ccc(COCCOC4CCNCC4)cc3)CC2)ccc1C=O. The van der Waals surface area contributed by atoms with Gasteiger partial charge in [-0.1, -0.05) is 24.3 Å². The summed E-state index contributed by atoms with van der Waals surface area (Å²) in [6.07, 6.45) is 3.53. The Morgan fingerprint density at radius 2 is 1.76 bits per heavy atom. The molecule has 8 heteroatoms. The van der Waals surface area contributed by atoms with Crippen molar-refractivity contribution >= 4 is 12.0 Å². The first kappa shape index (κ1) is 27.7. The smallest absolute Gasteiger partial charge is 0.150 e. The Morgan fingerprint density at radius 1 is 1.03 bits per heavy atom. The fourth-order valence-electron chi connectivity index (χ4n) is 4.96. The third kappa shape index (κ3) is 8.60. The summed E-state index contributed by atoms with van der Waals surface area (Å²) in [6, 6.07) is 15.0. The van der Waals surface area contributed by atoms with E-state index in [-0.39, 0.29) is 0 Å². The predicted octanol–water partition coefficient (Wildman–Crippen LogP) is 2.67. The van der Waals surface area contributed by atoms with Crippen molar-refractivity contribution in [1.82, 2.24) is 20.7 Å². The fourth-order valence-corrected chi connectivity index (χ4v) is 4.96. The second-order valence-electron chi connectivity index (χ2n) is 10.0. The average Bonchev–Trinajstić information content (AvgIpc) is 2.94. The number of piperazine rings is 1. The van der Waals surface area contributed by atoms with Gasteiger partial charge in [0.05, 0.1) is 25.9 Å². The molecule has 8 nitrogen and oxygen atoms in total. The normalized spacial score (nSPS) is 17.4. The van der Waals surface area contributed by atoms with Crippen LogP contribution < -0.4 is 15.6 Å². The number of anilines is 1. The van der Waals surface area contributed by atoms with Crippen LogP contribution in [0.25, 0.3) is 0 Å². The van der Waals surface area contributed by atoms with E-state index in [4.69, 9.17) is 9.47 Å². The standard InChI is InChI=1S/C29H43N5O3/c1-30-32(2)21-27-19-28(8-7-26(27)22-35)34-15-13-33(14-16-34)20-24-3-5-25(6-4-24)23-36-17-18-37-29-9-11-31-12-10-29/h3-8,19,22,29-31H,9-18,20-21,23H2,1-2H3. The first-order chi connectivity index (χ1) is 18.1. The maximum atomic E-state index is 11.5. The molecule has 2 aliphatic rings. The van der Waals surface area contributed by atoms with Crippen LogP contribution in [0, 0.1) is 0 Å². The molecule has 2 saturated heterocycles. The van der Waals surface area contributed by atoms with Crippen molar-refractivity contribution in [2.24, 2.45) is 0 Å². The molecule has 202 valence electrons. The van der Waals surface area contributed by atoms with Crippen LogP contribution in [0.4, 0.5) is 5.69 Å². The molecular formula is C29H43N5O3. The molecule has 0 radical (unpaired) electrons. The van der Waals surface area contributed by atoms with E-state index in [0.717, 1.165) is 76.1 Å². The molecule has 2 aromatic rings. The summed E-state index contributed by atoms with van der Waals surface area (Å²) in [5, 5.41) is 5.34. The molecule has 0 aromatic heterocycles. The molecule has 0 aliphatic carbocycles. The summed E-state index contributed by atoms with van der Waals surface area (Å²) < 4.78 is 11.7. The molecule has 2 aliphatic heterocycles. The van der Waals surface area contributed by atoms with E-state index in [1.807, 2.05) is 25.2 Å². The van der Waals surface area contributed by atoms with Crippen LogP contribution in [0.3, 0.4) is 0 Å². The summed E-state index contributed by atoms with van der Waals surface area (Å²) in [5.41, 5.74) is 8.63. The van der Waals surface area contributed by atoms with E-state index in [1.54, 1.807) is 0 Å². The maximum absolute atomic E-state index is 11.5. The molecule has 0 unspecified atom stereocenters. The van der Waals surface area contributed by atoms with Gasteiger partial charge in [-0.15, -0.1) is 0 Å². The Hall–Kier alpha value is -2.33. The largest absolute Gasteiger partial charge is 0.376 e. The van der Waals surface area contributed by atoms with Crippen molar-refractivity contribution in [1.29, 1.82) is 0 Å². The van der Waals surface area contributed by atoms with E-state index in [1.165, 1.54) is 16.8 Å². The van der Waals surface area contributed by atoms with Crippen molar-refractivity contribution in [3.8, 4) is 0 Å². The second-order valence-corrected chi connectivity index (χ2v) is 10.0. The van der Waals surface area contributed by atoms with E-state index in [0.29, 0.717) is 32.5 Å². The highest BCUT2D eigenvalue weighted by atomic mass is 16.5. The Morgan fingerprint density at radius 3 is 2.46 bits per heavy atom. The highest BCUT2D eigenvalue weighted by Crippen LogP contribution is 2.22. The number of piperidine rings is 1. The minimum atomic E-state index is 0.386. The molecule has 2 aromatic carbocycles. The van der Waals surface area contributed by atoms with Gasteiger partial charge in [-0.25, -0.2) is 5.01 Å². The molecule has 0 amide bonds. The van der Waals surface area contributed by atoms with Crippen molar-refractivity contribution in [2.45, 2.75) is 38.6 Å². The maximum Gasteiger partial charge on any atom is 0.150 e. The Kier molecular flexibility index (Phi) is 10.9. The van der Waals surface area contributed by atoms with Crippen LogP contribution in [0.15, 0.2) is 42.5 Å². The number of carbonyl (C=O) groups is 1.